The molecule has 2 rings (SSSR count). The Balaban J connectivity index is 2.11. The highest BCUT2D eigenvalue weighted by Gasteiger charge is 2.23. The number of nitrogens with one attached hydrogen (secondary N) is 1. The Morgan fingerprint density at radius 3 is 2.42 bits per heavy atom. The monoisotopic (exact) mass is 331 g/mol. The molecule has 1 aromatic carbocycles. The van der Waals surface area contributed by atoms with Crippen molar-refractivity contribution in [3.8, 4) is 0 Å². The molecule has 0 saturated heterocycles. The molecule has 1 heterocycles. The number of aromatic nitrogens is 2. The fourth-order valence-electron chi connectivity index (χ4n) is 2.48. The van der Waals surface area contributed by atoms with E-state index in [4.69, 9.17) is 0 Å². The highest BCUT2D eigenvalue weighted by molar-refractivity contribution is 5.77. The van der Waals surface area contributed by atoms with Gasteiger partial charge in [-0.1, -0.05) is 17.7 Å². The standard InChI is InChI=1S/C16H21N5O3/c1-5-19(14-8-6-11(2)7-9-14)18-15(22)10-20-13(4)16(21(23)24)12(3)17-20/h6-9H,5,10H2,1-4H3,(H,18,22). The molecule has 0 fully saturated rings. The summed E-state index contributed by atoms with van der Waals surface area (Å²) >= 11 is 0. The Hall–Kier alpha value is -2.90. The smallest absolute Gasteiger partial charge is 0.286 e. The Labute approximate surface area is 140 Å². The van der Waals surface area contributed by atoms with Crippen LogP contribution < -0.4 is 10.4 Å². The predicted molar refractivity (Wildman–Crippen MR) is 90.7 cm³/mol. The summed E-state index contributed by atoms with van der Waals surface area (Å²) in [5.74, 6) is -0.294. The third-order valence-electron chi connectivity index (χ3n) is 3.74. The molecule has 0 aliphatic carbocycles. The maximum atomic E-state index is 12.3. The summed E-state index contributed by atoms with van der Waals surface area (Å²) < 4.78 is 1.35. The van der Waals surface area contributed by atoms with E-state index in [9.17, 15) is 14.9 Å². The second-order valence-electron chi connectivity index (χ2n) is 5.55. The first-order chi connectivity index (χ1) is 11.3. The van der Waals surface area contributed by atoms with Crippen molar-refractivity contribution in [2.24, 2.45) is 0 Å². The molecule has 0 unspecified atom stereocenters. The lowest BCUT2D eigenvalue weighted by Crippen LogP contribution is -2.44. The minimum Gasteiger partial charge on any atom is -0.286 e. The van der Waals surface area contributed by atoms with Gasteiger partial charge in [-0.25, -0.2) is 0 Å². The van der Waals surface area contributed by atoms with Gasteiger partial charge in [0.1, 0.15) is 17.9 Å². The van der Waals surface area contributed by atoms with Gasteiger partial charge in [0.15, 0.2) is 0 Å². The highest BCUT2D eigenvalue weighted by Crippen LogP contribution is 2.21. The number of anilines is 1. The zero-order valence-electron chi connectivity index (χ0n) is 14.2. The van der Waals surface area contributed by atoms with Crippen molar-refractivity contribution in [3.63, 3.8) is 0 Å². The largest absolute Gasteiger partial charge is 0.312 e. The average Bonchev–Trinajstić information content (AvgIpc) is 2.80. The van der Waals surface area contributed by atoms with Crippen LogP contribution in [0.5, 0.6) is 0 Å². The number of carbonyl (C=O) groups is 1. The molecule has 1 aromatic heterocycles. The van der Waals surface area contributed by atoms with Gasteiger partial charge in [-0.15, -0.1) is 0 Å². The number of rotatable bonds is 6. The number of amides is 1. The van der Waals surface area contributed by atoms with E-state index in [2.05, 4.69) is 10.5 Å². The molecular formula is C16H21N5O3. The second-order valence-corrected chi connectivity index (χ2v) is 5.55. The SMILES string of the molecule is CCN(NC(=O)Cn1nc(C)c([N+](=O)[O-])c1C)c1ccc(C)cc1. The number of carbonyl (C=O) groups excluding carboxylic acids is 1. The van der Waals surface area contributed by atoms with Gasteiger partial charge in [-0.3, -0.25) is 30.0 Å². The normalized spacial score (nSPS) is 10.5. The number of hydrogen-bond acceptors (Lipinski definition) is 5. The van der Waals surface area contributed by atoms with Crippen molar-refractivity contribution in [2.75, 3.05) is 11.6 Å². The number of hydrazine groups is 1. The Morgan fingerprint density at radius 2 is 1.92 bits per heavy atom. The fourth-order valence-corrected chi connectivity index (χ4v) is 2.48. The lowest BCUT2D eigenvalue weighted by atomic mass is 10.2. The quantitative estimate of drug-likeness (QED) is 0.647. The summed E-state index contributed by atoms with van der Waals surface area (Å²) in [7, 11) is 0. The van der Waals surface area contributed by atoms with Crippen molar-refractivity contribution in [3.05, 3.63) is 51.3 Å². The van der Waals surface area contributed by atoms with Crippen molar-refractivity contribution >= 4 is 17.3 Å². The van der Waals surface area contributed by atoms with Gasteiger partial charge in [-0.05, 0) is 39.8 Å². The van der Waals surface area contributed by atoms with E-state index in [1.807, 2.05) is 38.1 Å². The van der Waals surface area contributed by atoms with Gasteiger partial charge in [0.25, 0.3) is 5.91 Å². The zero-order chi connectivity index (χ0) is 17.9. The van der Waals surface area contributed by atoms with Crippen molar-refractivity contribution in [1.82, 2.24) is 15.2 Å². The average molecular weight is 331 g/mol. The number of nitrogens with zero attached hydrogens (tertiary/aromatic N) is 4. The number of benzene rings is 1. The summed E-state index contributed by atoms with van der Waals surface area (Å²) in [6.07, 6.45) is 0. The summed E-state index contributed by atoms with van der Waals surface area (Å²) in [5, 5.41) is 16.8. The lowest BCUT2D eigenvalue weighted by molar-refractivity contribution is -0.386. The molecular weight excluding hydrogens is 310 g/mol. The fraction of sp³-hybridized carbons (Fsp3) is 0.375. The van der Waals surface area contributed by atoms with E-state index < -0.39 is 4.92 Å². The van der Waals surface area contributed by atoms with Crippen LogP contribution in [-0.2, 0) is 11.3 Å². The van der Waals surface area contributed by atoms with Gasteiger partial charge < -0.3 is 0 Å². The first-order valence-corrected chi connectivity index (χ1v) is 7.65. The lowest BCUT2D eigenvalue weighted by Gasteiger charge is -2.24. The molecule has 0 aliphatic rings. The van der Waals surface area contributed by atoms with Gasteiger partial charge in [0, 0.05) is 6.54 Å². The van der Waals surface area contributed by atoms with Crippen molar-refractivity contribution < 1.29 is 9.72 Å². The van der Waals surface area contributed by atoms with Crippen LogP contribution in [0.3, 0.4) is 0 Å². The van der Waals surface area contributed by atoms with E-state index in [-0.39, 0.29) is 18.1 Å². The van der Waals surface area contributed by atoms with Crippen LogP contribution in [0.1, 0.15) is 23.9 Å². The molecule has 0 atom stereocenters. The molecule has 2 aromatic rings. The van der Waals surface area contributed by atoms with Gasteiger partial charge in [0.2, 0.25) is 0 Å². The molecule has 8 nitrogen and oxygen atoms in total. The Bertz CT molecular complexity index is 752. The zero-order valence-corrected chi connectivity index (χ0v) is 14.2. The van der Waals surface area contributed by atoms with E-state index in [1.54, 1.807) is 18.9 Å². The summed E-state index contributed by atoms with van der Waals surface area (Å²) in [4.78, 5) is 22.8. The third kappa shape index (κ3) is 3.70. The summed E-state index contributed by atoms with van der Waals surface area (Å²) in [5.41, 5.74) is 5.43. The number of hydrogen-bond donors (Lipinski definition) is 1. The van der Waals surface area contributed by atoms with Crippen LogP contribution in [0.15, 0.2) is 24.3 Å². The first-order valence-electron chi connectivity index (χ1n) is 7.65. The molecule has 0 saturated carbocycles. The van der Waals surface area contributed by atoms with Crippen molar-refractivity contribution in [2.45, 2.75) is 34.2 Å². The van der Waals surface area contributed by atoms with Crippen molar-refractivity contribution in [1.29, 1.82) is 0 Å². The maximum absolute atomic E-state index is 12.3. The molecule has 0 aliphatic heterocycles. The van der Waals surface area contributed by atoms with E-state index in [0.29, 0.717) is 17.9 Å². The minimum atomic E-state index is -0.475. The maximum Gasteiger partial charge on any atom is 0.312 e. The summed E-state index contributed by atoms with van der Waals surface area (Å²) in [6, 6.07) is 7.78. The van der Waals surface area contributed by atoms with Gasteiger partial charge in [-0.2, -0.15) is 5.10 Å². The molecule has 24 heavy (non-hydrogen) atoms. The van der Waals surface area contributed by atoms with Gasteiger partial charge in [0.05, 0.1) is 10.6 Å². The molecule has 0 bridgehead atoms. The second kappa shape index (κ2) is 7.12. The molecule has 0 spiro atoms. The first kappa shape index (κ1) is 17.5. The van der Waals surface area contributed by atoms with Crippen LogP contribution in [0.4, 0.5) is 11.4 Å². The van der Waals surface area contributed by atoms with Crippen LogP contribution in [0.25, 0.3) is 0 Å². The topological polar surface area (TPSA) is 93.3 Å². The molecule has 1 amide bonds. The summed E-state index contributed by atoms with van der Waals surface area (Å²) in [6.45, 7) is 7.57. The molecule has 0 radical (unpaired) electrons. The van der Waals surface area contributed by atoms with Crippen LogP contribution in [0, 0.1) is 30.9 Å². The van der Waals surface area contributed by atoms with Crippen LogP contribution in [0.2, 0.25) is 0 Å². The Kier molecular flexibility index (Phi) is 5.18. The predicted octanol–water partition coefficient (Wildman–Crippen LogP) is 2.27. The van der Waals surface area contributed by atoms with E-state index >= 15 is 0 Å². The van der Waals surface area contributed by atoms with E-state index in [0.717, 1.165) is 11.3 Å². The van der Waals surface area contributed by atoms with Crippen LogP contribution >= 0.6 is 0 Å². The number of nitro groups is 1. The molecule has 128 valence electrons. The third-order valence-corrected chi connectivity index (χ3v) is 3.74. The van der Waals surface area contributed by atoms with E-state index in [1.165, 1.54) is 4.68 Å². The minimum absolute atomic E-state index is 0.0475. The molecule has 8 heteroatoms. The molecule has 1 N–H and O–H groups in total. The van der Waals surface area contributed by atoms with Crippen LogP contribution in [-0.4, -0.2) is 27.2 Å². The Morgan fingerprint density at radius 1 is 1.29 bits per heavy atom. The highest BCUT2D eigenvalue weighted by atomic mass is 16.6. The number of aryl methyl sites for hydroxylation is 2. The van der Waals surface area contributed by atoms with Gasteiger partial charge >= 0.3 is 5.69 Å².